The van der Waals surface area contributed by atoms with Crippen molar-refractivity contribution in [3.05, 3.63) is 62.2 Å². The smallest absolute Gasteiger partial charge is 0.325 e. The standard InChI is InChI=1S/C13H12BrN3O2/c1-9-4-2-3-5-10(9)8-16-13-12(17(18)19)11(14)6-7-15-13/h2-7H,8H2,1H3,(H,15,16). The largest absolute Gasteiger partial charge is 0.360 e. The highest BCUT2D eigenvalue weighted by atomic mass is 79.9. The van der Waals surface area contributed by atoms with Gasteiger partial charge in [-0.1, -0.05) is 24.3 Å². The maximum absolute atomic E-state index is 11.0. The fraction of sp³-hybridized carbons (Fsp3) is 0.154. The van der Waals surface area contributed by atoms with Gasteiger partial charge < -0.3 is 5.32 Å². The molecule has 0 bridgehead atoms. The molecule has 2 aromatic rings. The van der Waals surface area contributed by atoms with Crippen LogP contribution in [0.1, 0.15) is 11.1 Å². The first-order valence-corrected chi connectivity index (χ1v) is 6.46. The minimum absolute atomic E-state index is 0.0453. The molecule has 1 heterocycles. The van der Waals surface area contributed by atoms with Crippen molar-refractivity contribution in [2.75, 3.05) is 5.32 Å². The predicted molar refractivity (Wildman–Crippen MR) is 77.1 cm³/mol. The molecule has 0 aliphatic carbocycles. The van der Waals surface area contributed by atoms with E-state index in [0.29, 0.717) is 11.0 Å². The lowest BCUT2D eigenvalue weighted by Gasteiger charge is -2.09. The molecule has 0 saturated carbocycles. The fourth-order valence-corrected chi connectivity index (χ4v) is 2.17. The Hall–Kier alpha value is -1.95. The summed E-state index contributed by atoms with van der Waals surface area (Å²) in [6, 6.07) is 9.42. The van der Waals surface area contributed by atoms with Gasteiger partial charge in [-0.05, 0) is 40.0 Å². The Morgan fingerprint density at radius 2 is 2.11 bits per heavy atom. The third-order valence-electron chi connectivity index (χ3n) is 2.77. The number of hydrogen-bond donors (Lipinski definition) is 1. The Balaban J connectivity index is 2.23. The molecule has 0 amide bonds. The molecule has 0 aliphatic heterocycles. The van der Waals surface area contributed by atoms with E-state index in [4.69, 9.17) is 0 Å². The zero-order valence-electron chi connectivity index (χ0n) is 10.3. The van der Waals surface area contributed by atoms with E-state index in [2.05, 4.69) is 26.2 Å². The van der Waals surface area contributed by atoms with Crippen molar-refractivity contribution < 1.29 is 4.92 Å². The molecule has 0 radical (unpaired) electrons. The molecule has 0 saturated heterocycles. The van der Waals surface area contributed by atoms with E-state index in [9.17, 15) is 10.1 Å². The maximum Gasteiger partial charge on any atom is 0.325 e. The highest BCUT2D eigenvalue weighted by molar-refractivity contribution is 9.10. The summed E-state index contributed by atoms with van der Waals surface area (Å²) in [5.41, 5.74) is 2.17. The average molecular weight is 322 g/mol. The Labute approximate surface area is 119 Å². The second-order valence-corrected chi connectivity index (χ2v) is 4.88. The lowest BCUT2D eigenvalue weighted by atomic mass is 10.1. The van der Waals surface area contributed by atoms with Crippen molar-refractivity contribution in [1.82, 2.24) is 4.98 Å². The molecule has 0 unspecified atom stereocenters. The molecule has 98 valence electrons. The first-order chi connectivity index (χ1) is 9.09. The number of nitrogens with one attached hydrogen (secondary N) is 1. The number of rotatable bonds is 4. The van der Waals surface area contributed by atoms with Gasteiger partial charge in [-0.15, -0.1) is 0 Å². The molecular weight excluding hydrogens is 310 g/mol. The zero-order valence-corrected chi connectivity index (χ0v) is 11.8. The molecule has 1 N–H and O–H groups in total. The minimum atomic E-state index is -0.447. The molecule has 0 aliphatic rings. The quantitative estimate of drug-likeness (QED) is 0.689. The van der Waals surface area contributed by atoms with Crippen LogP contribution >= 0.6 is 15.9 Å². The van der Waals surface area contributed by atoms with Gasteiger partial charge in [0.25, 0.3) is 0 Å². The normalized spacial score (nSPS) is 10.2. The summed E-state index contributed by atoms with van der Waals surface area (Å²) < 4.78 is 0.416. The molecule has 0 fully saturated rings. The van der Waals surface area contributed by atoms with Gasteiger partial charge in [0.1, 0.15) is 4.47 Å². The molecule has 2 rings (SSSR count). The van der Waals surface area contributed by atoms with E-state index in [1.165, 1.54) is 6.20 Å². The van der Waals surface area contributed by atoms with Crippen LogP contribution in [0.2, 0.25) is 0 Å². The first-order valence-electron chi connectivity index (χ1n) is 5.67. The predicted octanol–water partition coefficient (Wildman–Crippen LogP) is 3.67. The van der Waals surface area contributed by atoms with E-state index in [1.54, 1.807) is 6.07 Å². The van der Waals surface area contributed by atoms with Gasteiger partial charge in [-0.3, -0.25) is 10.1 Å². The van der Waals surface area contributed by atoms with Crippen LogP contribution < -0.4 is 5.32 Å². The summed E-state index contributed by atoms with van der Waals surface area (Å²) in [5, 5.41) is 14.0. The number of benzene rings is 1. The second kappa shape index (κ2) is 5.79. The molecule has 5 nitrogen and oxygen atoms in total. The Morgan fingerprint density at radius 1 is 1.37 bits per heavy atom. The summed E-state index contributed by atoms with van der Waals surface area (Å²) in [4.78, 5) is 14.6. The van der Waals surface area contributed by atoms with E-state index < -0.39 is 4.92 Å². The number of aryl methyl sites for hydroxylation is 1. The third-order valence-corrected chi connectivity index (χ3v) is 3.41. The van der Waals surface area contributed by atoms with Gasteiger partial charge in [0.2, 0.25) is 5.82 Å². The number of anilines is 1. The average Bonchev–Trinajstić information content (AvgIpc) is 2.37. The SMILES string of the molecule is Cc1ccccc1CNc1nccc(Br)c1[N+](=O)[O-]. The summed E-state index contributed by atoms with van der Waals surface area (Å²) in [6.07, 6.45) is 1.53. The molecule has 0 spiro atoms. The molecular formula is C13H12BrN3O2. The van der Waals surface area contributed by atoms with E-state index in [-0.39, 0.29) is 11.5 Å². The van der Waals surface area contributed by atoms with Crippen LogP contribution in [0.15, 0.2) is 41.0 Å². The van der Waals surface area contributed by atoms with Crippen molar-refractivity contribution in [2.24, 2.45) is 0 Å². The van der Waals surface area contributed by atoms with Crippen LogP contribution in [0.4, 0.5) is 11.5 Å². The van der Waals surface area contributed by atoms with Gasteiger partial charge >= 0.3 is 5.69 Å². The second-order valence-electron chi connectivity index (χ2n) is 4.03. The van der Waals surface area contributed by atoms with Crippen LogP contribution in [0.25, 0.3) is 0 Å². The van der Waals surface area contributed by atoms with Gasteiger partial charge in [0.05, 0.1) is 4.92 Å². The highest BCUT2D eigenvalue weighted by Crippen LogP contribution is 2.30. The van der Waals surface area contributed by atoms with Crippen molar-refractivity contribution in [3.8, 4) is 0 Å². The summed E-state index contributed by atoms with van der Waals surface area (Å²) in [6.45, 7) is 2.50. The van der Waals surface area contributed by atoms with Gasteiger partial charge in [-0.25, -0.2) is 4.98 Å². The first kappa shape index (κ1) is 13.5. The zero-order chi connectivity index (χ0) is 13.8. The third kappa shape index (κ3) is 3.08. The number of pyridine rings is 1. The van der Waals surface area contributed by atoms with Crippen LogP contribution in [0, 0.1) is 17.0 Å². The van der Waals surface area contributed by atoms with Gasteiger partial charge in [0.15, 0.2) is 0 Å². The van der Waals surface area contributed by atoms with E-state index in [0.717, 1.165) is 11.1 Å². The van der Waals surface area contributed by atoms with E-state index >= 15 is 0 Å². The molecule has 1 aromatic heterocycles. The highest BCUT2D eigenvalue weighted by Gasteiger charge is 2.19. The fourth-order valence-electron chi connectivity index (χ4n) is 1.72. The number of nitrogens with zero attached hydrogens (tertiary/aromatic N) is 2. The topological polar surface area (TPSA) is 68.1 Å². The van der Waals surface area contributed by atoms with Crippen molar-refractivity contribution in [1.29, 1.82) is 0 Å². The summed E-state index contributed by atoms with van der Waals surface area (Å²) in [7, 11) is 0. The molecule has 1 aromatic carbocycles. The number of aromatic nitrogens is 1. The van der Waals surface area contributed by atoms with Crippen molar-refractivity contribution in [2.45, 2.75) is 13.5 Å². The molecule has 6 heteroatoms. The Kier molecular flexibility index (Phi) is 4.11. The summed E-state index contributed by atoms with van der Waals surface area (Å²) >= 11 is 3.17. The number of hydrogen-bond acceptors (Lipinski definition) is 4. The number of nitro groups is 1. The van der Waals surface area contributed by atoms with E-state index in [1.807, 2.05) is 31.2 Å². The van der Waals surface area contributed by atoms with Crippen molar-refractivity contribution >= 4 is 27.4 Å². The Bertz CT molecular complexity index is 617. The van der Waals surface area contributed by atoms with Gasteiger partial charge in [-0.2, -0.15) is 0 Å². The number of halogens is 1. The summed E-state index contributed by atoms with van der Waals surface area (Å²) in [5.74, 6) is 0.266. The minimum Gasteiger partial charge on any atom is -0.360 e. The molecule has 0 atom stereocenters. The van der Waals surface area contributed by atoms with Crippen LogP contribution in [0.5, 0.6) is 0 Å². The van der Waals surface area contributed by atoms with Crippen LogP contribution in [0.3, 0.4) is 0 Å². The van der Waals surface area contributed by atoms with Crippen LogP contribution in [-0.2, 0) is 6.54 Å². The van der Waals surface area contributed by atoms with Crippen LogP contribution in [-0.4, -0.2) is 9.91 Å². The van der Waals surface area contributed by atoms with Gasteiger partial charge in [0, 0.05) is 12.7 Å². The lowest BCUT2D eigenvalue weighted by Crippen LogP contribution is -2.06. The lowest BCUT2D eigenvalue weighted by molar-refractivity contribution is -0.385. The molecule has 19 heavy (non-hydrogen) atoms. The monoisotopic (exact) mass is 321 g/mol. The van der Waals surface area contributed by atoms with Crippen molar-refractivity contribution in [3.63, 3.8) is 0 Å². The Morgan fingerprint density at radius 3 is 2.79 bits per heavy atom. The maximum atomic E-state index is 11.0.